The van der Waals surface area contributed by atoms with Crippen LogP contribution >= 0.6 is 11.6 Å². The normalized spacial score (nSPS) is 14.5. The van der Waals surface area contributed by atoms with Gasteiger partial charge in [-0.15, -0.1) is 0 Å². The lowest BCUT2D eigenvalue weighted by atomic mass is 9.77. The summed E-state index contributed by atoms with van der Waals surface area (Å²) >= 11 is 6.36. The van der Waals surface area contributed by atoms with Crippen molar-refractivity contribution in [1.82, 2.24) is 4.98 Å². The van der Waals surface area contributed by atoms with Crippen LogP contribution in [0.2, 0.25) is 5.02 Å². The van der Waals surface area contributed by atoms with E-state index in [-0.39, 0.29) is 21.9 Å². The minimum atomic E-state index is -4.97. The van der Waals surface area contributed by atoms with Crippen LogP contribution in [0.15, 0.2) is 60.8 Å². The van der Waals surface area contributed by atoms with Crippen LogP contribution in [0.3, 0.4) is 0 Å². The van der Waals surface area contributed by atoms with Crippen molar-refractivity contribution < 1.29 is 32.9 Å². The van der Waals surface area contributed by atoms with E-state index in [0.717, 1.165) is 6.07 Å². The number of hydrogen-bond acceptors (Lipinski definition) is 4. The Morgan fingerprint density at radius 1 is 1.06 bits per heavy atom. The van der Waals surface area contributed by atoms with Gasteiger partial charge in [-0.2, -0.15) is 13.2 Å². The van der Waals surface area contributed by atoms with Gasteiger partial charge in [0.15, 0.2) is 5.60 Å². The Labute approximate surface area is 187 Å². The molecule has 2 atom stereocenters. The summed E-state index contributed by atoms with van der Waals surface area (Å²) in [6, 6.07) is 12.9. The maximum atomic E-state index is 14.1. The number of carbonyl (C=O) groups is 1. The summed E-state index contributed by atoms with van der Waals surface area (Å²) in [4.78, 5) is 14.5. The van der Waals surface area contributed by atoms with Gasteiger partial charge in [0, 0.05) is 22.8 Å². The summed E-state index contributed by atoms with van der Waals surface area (Å²) in [5.74, 6) is -1.29. The Morgan fingerprint density at radius 2 is 1.69 bits per heavy atom. The third kappa shape index (κ3) is 4.56. The standard InChI is InChI=1S/C23H19ClF3NO4/c1-13-11-17(9-10-28-13)22(31,23(25,26)27)14(2)19-8-5-16(12-20(19)24)15-3-6-18(7-4-15)32-21(29)30/h3-12,14,31H,1-2H3,(H,29,30). The number of halogens is 4. The van der Waals surface area contributed by atoms with Crippen LogP contribution in [0.1, 0.15) is 29.7 Å². The second-order valence-corrected chi connectivity index (χ2v) is 7.71. The maximum absolute atomic E-state index is 14.1. The van der Waals surface area contributed by atoms with E-state index in [4.69, 9.17) is 16.7 Å². The molecule has 168 valence electrons. The Bertz CT molecular complexity index is 1130. The molecular formula is C23H19ClF3NO4. The summed E-state index contributed by atoms with van der Waals surface area (Å²) in [5, 5.41) is 19.6. The fraction of sp³-hybridized carbons (Fsp3) is 0.217. The van der Waals surface area contributed by atoms with Crippen molar-refractivity contribution in [2.75, 3.05) is 0 Å². The lowest BCUT2D eigenvalue weighted by Gasteiger charge is -2.37. The van der Waals surface area contributed by atoms with Crippen molar-refractivity contribution in [3.05, 3.63) is 82.6 Å². The average molecular weight is 466 g/mol. The highest BCUT2D eigenvalue weighted by atomic mass is 35.5. The van der Waals surface area contributed by atoms with Crippen molar-refractivity contribution in [3.8, 4) is 16.9 Å². The number of hydrogen-bond donors (Lipinski definition) is 2. The number of ether oxygens (including phenoxy) is 1. The lowest BCUT2D eigenvalue weighted by Crippen LogP contribution is -2.46. The molecule has 0 aliphatic heterocycles. The van der Waals surface area contributed by atoms with Gasteiger partial charge < -0.3 is 14.9 Å². The summed E-state index contributed by atoms with van der Waals surface area (Å²) in [6.45, 7) is 2.81. The van der Waals surface area contributed by atoms with Gasteiger partial charge in [-0.3, -0.25) is 4.98 Å². The van der Waals surface area contributed by atoms with E-state index in [9.17, 15) is 23.1 Å². The number of benzene rings is 2. The highest BCUT2D eigenvalue weighted by Gasteiger charge is 2.59. The van der Waals surface area contributed by atoms with Crippen molar-refractivity contribution in [2.24, 2.45) is 0 Å². The van der Waals surface area contributed by atoms with Crippen LogP contribution < -0.4 is 4.74 Å². The quantitative estimate of drug-likeness (QED) is 0.340. The molecule has 2 unspecified atom stereocenters. The van der Waals surface area contributed by atoms with E-state index in [1.165, 1.54) is 43.5 Å². The SMILES string of the molecule is Cc1cc(C(O)(C(C)c2ccc(-c3ccc(OC(=O)O)cc3)cc2Cl)C(F)(F)F)ccn1. The predicted octanol–water partition coefficient (Wildman–Crippen LogP) is 6.32. The fourth-order valence-corrected chi connectivity index (χ4v) is 3.89. The number of aromatic nitrogens is 1. The Morgan fingerprint density at radius 3 is 2.22 bits per heavy atom. The van der Waals surface area contributed by atoms with E-state index in [1.807, 2.05) is 0 Å². The minimum Gasteiger partial charge on any atom is -0.449 e. The maximum Gasteiger partial charge on any atom is 0.511 e. The van der Waals surface area contributed by atoms with Crippen LogP contribution in [0, 0.1) is 6.92 Å². The first-order valence-corrected chi connectivity index (χ1v) is 9.84. The molecule has 0 radical (unpaired) electrons. The van der Waals surface area contributed by atoms with E-state index >= 15 is 0 Å². The molecule has 0 saturated carbocycles. The van der Waals surface area contributed by atoms with Crippen molar-refractivity contribution >= 4 is 17.8 Å². The van der Waals surface area contributed by atoms with Crippen molar-refractivity contribution in [3.63, 3.8) is 0 Å². The molecule has 3 rings (SSSR count). The van der Waals surface area contributed by atoms with Gasteiger partial charge >= 0.3 is 12.3 Å². The second kappa shape index (κ2) is 8.80. The zero-order valence-corrected chi connectivity index (χ0v) is 17.8. The van der Waals surface area contributed by atoms with Gasteiger partial charge in [0.1, 0.15) is 5.75 Å². The molecule has 2 aromatic carbocycles. The molecule has 0 aliphatic carbocycles. The van der Waals surface area contributed by atoms with E-state index in [0.29, 0.717) is 16.8 Å². The summed E-state index contributed by atoms with van der Waals surface area (Å²) in [5.41, 5.74) is -1.78. The van der Waals surface area contributed by atoms with Crippen LogP contribution in [0.5, 0.6) is 5.75 Å². The first-order valence-electron chi connectivity index (χ1n) is 9.46. The number of carboxylic acid groups (broad SMARTS) is 1. The van der Waals surface area contributed by atoms with Gasteiger partial charge in [-0.05, 0) is 59.5 Å². The average Bonchev–Trinajstić information content (AvgIpc) is 2.72. The molecule has 1 heterocycles. The highest BCUT2D eigenvalue weighted by molar-refractivity contribution is 6.31. The predicted molar refractivity (Wildman–Crippen MR) is 113 cm³/mol. The molecular weight excluding hydrogens is 447 g/mol. The fourth-order valence-electron chi connectivity index (χ4n) is 3.54. The summed E-state index contributed by atoms with van der Waals surface area (Å²) < 4.78 is 46.8. The molecule has 0 fully saturated rings. The molecule has 0 saturated heterocycles. The molecule has 0 aliphatic rings. The third-order valence-corrected chi connectivity index (χ3v) is 5.58. The number of aryl methyl sites for hydroxylation is 1. The van der Waals surface area contributed by atoms with Gasteiger partial charge in [-0.1, -0.05) is 42.8 Å². The molecule has 0 amide bonds. The number of alkyl halides is 3. The zero-order valence-electron chi connectivity index (χ0n) is 17.0. The van der Waals surface area contributed by atoms with Gasteiger partial charge in [-0.25, -0.2) is 4.79 Å². The molecule has 2 N–H and O–H groups in total. The highest BCUT2D eigenvalue weighted by Crippen LogP contribution is 2.50. The summed E-state index contributed by atoms with van der Waals surface area (Å²) in [6.07, 6.45) is -5.20. The number of aliphatic hydroxyl groups is 1. The Hall–Kier alpha value is -3.10. The molecule has 0 spiro atoms. The van der Waals surface area contributed by atoms with Gasteiger partial charge in [0.2, 0.25) is 0 Å². The topological polar surface area (TPSA) is 79.7 Å². The van der Waals surface area contributed by atoms with Crippen LogP contribution in [-0.4, -0.2) is 27.5 Å². The molecule has 3 aromatic rings. The smallest absolute Gasteiger partial charge is 0.449 e. The number of pyridine rings is 1. The van der Waals surface area contributed by atoms with Crippen LogP contribution in [-0.2, 0) is 5.60 Å². The van der Waals surface area contributed by atoms with Gasteiger partial charge in [0.05, 0.1) is 0 Å². The Balaban J connectivity index is 1.99. The Kier molecular flexibility index (Phi) is 6.48. The van der Waals surface area contributed by atoms with Gasteiger partial charge in [0.25, 0.3) is 0 Å². The second-order valence-electron chi connectivity index (χ2n) is 7.30. The molecule has 32 heavy (non-hydrogen) atoms. The molecule has 5 nitrogen and oxygen atoms in total. The summed E-state index contributed by atoms with van der Waals surface area (Å²) in [7, 11) is 0. The number of rotatable bonds is 5. The number of nitrogens with zero attached hydrogens (tertiary/aromatic N) is 1. The first kappa shape index (κ1) is 23.6. The monoisotopic (exact) mass is 465 g/mol. The zero-order chi connectivity index (χ0) is 23.7. The van der Waals surface area contributed by atoms with E-state index in [2.05, 4.69) is 9.72 Å². The van der Waals surface area contributed by atoms with Crippen LogP contribution in [0.25, 0.3) is 11.1 Å². The molecule has 9 heteroatoms. The third-order valence-electron chi connectivity index (χ3n) is 5.26. The van der Waals surface area contributed by atoms with Crippen molar-refractivity contribution in [1.29, 1.82) is 0 Å². The van der Waals surface area contributed by atoms with Crippen molar-refractivity contribution in [2.45, 2.75) is 31.5 Å². The largest absolute Gasteiger partial charge is 0.511 e. The lowest BCUT2D eigenvalue weighted by molar-refractivity contribution is -0.274. The van der Waals surface area contributed by atoms with E-state index < -0.39 is 23.9 Å². The molecule has 0 bridgehead atoms. The first-order chi connectivity index (χ1) is 14.9. The van der Waals surface area contributed by atoms with E-state index in [1.54, 1.807) is 25.1 Å². The minimum absolute atomic E-state index is 0.0503. The van der Waals surface area contributed by atoms with Crippen LogP contribution in [0.4, 0.5) is 18.0 Å². The molecule has 1 aromatic heterocycles.